The van der Waals surface area contributed by atoms with Gasteiger partial charge in [0.15, 0.2) is 15.5 Å². The molecule has 1 amide bonds. The molecule has 122 valence electrons. The van der Waals surface area contributed by atoms with Gasteiger partial charge in [-0.15, -0.1) is 0 Å². The maximum Gasteiger partial charge on any atom is 0.409 e. The maximum absolute atomic E-state index is 12.7. The number of benzene rings is 2. The third-order valence-electron chi connectivity index (χ3n) is 3.11. The molecule has 0 aromatic heterocycles. The molecule has 0 spiro atoms. The molecule has 0 bridgehead atoms. The molecule has 1 atom stereocenters. The Morgan fingerprint density at radius 1 is 1.26 bits per heavy atom. The van der Waals surface area contributed by atoms with Crippen molar-refractivity contribution in [1.29, 1.82) is 0 Å². The van der Waals surface area contributed by atoms with Gasteiger partial charge in [0.1, 0.15) is 0 Å². The summed E-state index contributed by atoms with van der Waals surface area (Å²) in [5.74, 6) is 0.437. The predicted molar refractivity (Wildman–Crippen MR) is 89.6 cm³/mol. The van der Waals surface area contributed by atoms with Gasteiger partial charge >= 0.3 is 6.09 Å². The molecule has 0 aliphatic heterocycles. The number of carbonyl (C=O) groups is 1. The van der Waals surface area contributed by atoms with E-state index in [9.17, 15) is 9.35 Å². The molecule has 2 aromatic carbocycles. The van der Waals surface area contributed by atoms with E-state index in [4.69, 9.17) is 9.84 Å². The van der Waals surface area contributed by atoms with E-state index in [1.54, 1.807) is 30.3 Å². The van der Waals surface area contributed by atoms with E-state index in [2.05, 4.69) is 12.2 Å². The first kappa shape index (κ1) is 17.2. The van der Waals surface area contributed by atoms with Crippen molar-refractivity contribution in [1.82, 2.24) is 0 Å². The fourth-order valence-corrected chi connectivity index (χ4v) is 3.12. The Morgan fingerprint density at radius 2 is 2.00 bits per heavy atom. The van der Waals surface area contributed by atoms with Gasteiger partial charge in [-0.05, 0) is 30.7 Å². The molecule has 5 nitrogen and oxygen atoms in total. The normalized spacial score (nSPS) is 11.7. The molecule has 0 aliphatic carbocycles. The summed E-state index contributed by atoms with van der Waals surface area (Å²) in [7, 11) is 0. The summed E-state index contributed by atoms with van der Waals surface area (Å²) in [5.41, 5.74) is 0.387. The summed E-state index contributed by atoms with van der Waals surface area (Å²) in [4.78, 5) is 12.0. The molecule has 1 unspecified atom stereocenters. The predicted octanol–water partition coefficient (Wildman–Crippen LogP) is 4.12. The number of amides is 1. The monoisotopic (exact) mass is 333 g/mol. The van der Waals surface area contributed by atoms with Gasteiger partial charge in [0, 0.05) is 22.9 Å². The highest BCUT2D eigenvalue weighted by Crippen LogP contribution is 2.32. The highest BCUT2D eigenvalue weighted by molar-refractivity contribution is 7.91. The van der Waals surface area contributed by atoms with E-state index < -0.39 is 17.3 Å². The lowest BCUT2D eigenvalue weighted by Gasteiger charge is -2.15. The number of nitrogens with one attached hydrogen (secondary N) is 1. The minimum absolute atomic E-state index is 0.387. The third-order valence-corrected chi connectivity index (χ3v) is 4.54. The molecule has 0 saturated carbocycles. The van der Waals surface area contributed by atoms with Crippen molar-refractivity contribution in [2.45, 2.75) is 29.6 Å². The van der Waals surface area contributed by atoms with Crippen LogP contribution in [0.1, 0.15) is 19.8 Å². The maximum atomic E-state index is 12.7. The largest absolute Gasteiger partial charge is 0.606 e. The summed E-state index contributed by atoms with van der Waals surface area (Å²) in [5, 5.41) is 11.1. The Balaban J connectivity index is 2.30. The summed E-state index contributed by atoms with van der Waals surface area (Å²) >= 11 is -1.38. The minimum atomic E-state index is -1.38. The van der Waals surface area contributed by atoms with E-state index >= 15 is 0 Å². The molecule has 2 aromatic rings. The Bertz CT molecular complexity index is 648. The smallest absolute Gasteiger partial charge is 0.409 e. The van der Waals surface area contributed by atoms with Gasteiger partial charge in [-0.2, -0.15) is 0 Å². The van der Waals surface area contributed by atoms with Crippen molar-refractivity contribution in [3.05, 3.63) is 48.5 Å². The number of hydrogen-bond donors (Lipinski definition) is 2. The van der Waals surface area contributed by atoms with Gasteiger partial charge in [0.2, 0.25) is 0 Å². The van der Waals surface area contributed by atoms with Crippen LogP contribution in [0.4, 0.5) is 10.5 Å². The van der Waals surface area contributed by atoms with Crippen molar-refractivity contribution in [2.24, 2.45) is 0 Å². The second kappa shape index (κ2) is 8.45. The van der Waals surface area contributed by atoms with Gasteiger partial charge < -0.3 is 14.4 Å². The van der Waals surface area contributed by atoms with Crippen LogP contribution in [-0.4, -0.2) is 22.4 Å². The third kappa shape index (κ3) is 4.91. The van der Waals surface area contributed by atoms with Gasteiger partial charge in [-0.3, -0.25) is 5.32 Å². The van der Waals surface area contributed by atoms with Gasteiger partial charge in [-0.25, -0.2) is 4.79 Å². The Kier molecular flexibility index (Phi) is 6.31. The Morgan fingerprint density at radius 3 is 2.65 bits per heavy atom. The van der Waals surface area contributed by atoms with Crippen LogP contribution in [0.15, 0.2) is 58.3 Å². The number of carboxylic acid groups (broad SMARTS) is 1. The lowest BCUT2D eigenvalue weighted by atomic mass is 10.3. The van der Waals surface area contributed by atoms with Crippen LogP contribution in [0.25, 0.3) is 0 Å². The van der Waals surface area contributed by atoms with E-state index in [1.165, 1.54) is 0 Å². The number of rotatable bonds is 7. The van der Waals surface area contributed by atoms with Crippen LogP contribution in [-0.2, 0) is 11.2 Å². The highest BCUT2D eigenvalue weighted by Gasteiger charge is 2.21. The molecule has 23 heavy (non-hydrogen) atoms. The highest BCUT2D eigenvalue weighted by atomic mass is 32.2. The van der Waals surface area contributed by atoms with Gasteiger partial charge in [-0.1, -0.05) is 31.5 Å². The van der Waals surface area contributed by atoms with Crippen LogP contribution < -0.4 is 10.1 Å². The Labute approximate surface area is 138 Å². The zero-order valence-electron chi connectivity index (χ0n) is 12.8. The molecule has 0 heterocycles. The van der Waals surface area contributed by atoms with E-state index in [0.29, 0.717) is 27.8 Å². The molecule has 6 heteroatoms. The number of unbranched alkanes of at least 4 members (excludes halogenated alkanes) is 1. The topological polar surface area (TPSA) is 81.6 Å². The fourth-order valence-electron chi connectivity index (χ4n) is 1.97. The summed E-state index contributed by atoms with van der Waals surface area (Å²) in [6.07, 6.45) is 0.694. The summed E-state index contributed by atoms with van der Waals surface area (Å²) in [6.45, 7) is 2.54. The van der Waals surface area contributed by atoms with E-state index in [1.807, 2.05) is 18.2 Å². The van der Waals surface area contributed by atoms with Crippen molar-refractivity contribution in [2.75, 3.05) is 11.9 Å². The second-order valence-corrected chi connectivity index (χ2v) is 6.32. The van der Waals surface area contributed by atoms with E-state index in [-0.39, 0.29) is 0 Å². The quantitative estimate of drug-likeness (QED) is 0.590. The molecule has 0 aliphatic rings. The molecule has 2 rings (SSSR count). The number of hydrogen-bond acceptors (Lipinski definition) is 3. The average molecular weight is 333 g/mol. The molecule has 2 N–H and O–H groups in total. The van der Waals surface area contributed by atoms with Crippen molar-refractivity contribution in [3.63, 3.8) is 0 Å². The van der Waals surface area contributed by atoms with Crippen LogP contribution in [0.2, 0.25) is 0 Å². The molecular weight excluding hydrogens is 314 g/mol. The summed E-state index contributed by atoms with van der Waals surface area (Å²) < 4.78 is 18.4. The van der Waals surface area contributed by atoms with Crippen molar-refractivity contribution >= 4 is 23.0 Å². The molecule has 0 fully saturated rings. The Hall–Kier alpha value is -2.18. The van der Waals surface area contributed by atoms with Gasteiger partial charge in [0.05, 0.1) is 6.61 Å². The first-order chi connectivity index (χ1) is 11.1. The zero-order chi connectivity index (χ0) is 16.7. The van der Waals surface area contributed by atoms with Crippen LogP contribution in [0, 0.1) is 0 Å². The first-order valence-corrected chi connectivity index (χ1v) is 8.50. The zero-order valence-corrected chi connectivity index (χ0v) is 13.6. The first-order valence-electron chi connectivity index (χ1n) is 7.35. The van der Waals surface area contributed by atoms with Gasteiger partial charge in [0.25, 0.3) is 0 Å². The van der Waals surface area contributed by atoms with Crippen LogP contribution in [0.3, 0.4) is 0 Å². The molecule has 0 saturated heterocycles. The number of ether oxygens (including phenoxy) is 1. The van der Waals surface area contributed by atoms with Crippen LogP contribution in [0.5, 0.6) is 5.75 Å². The SMILES string of the molecule is CCCCOc1cc(NC(=O)O)ccc1[S+]([O-])c1ccccc1. The van der Waals surface area contributed by atoms with E-state index in [0.717, 1.165) is 12.8 Å². The second-order valence-electron chi connectivity index (χ2n) is 4.88. The average Bonchev–Trinajstić information content (AvgIpc) is 2.55. The standard InChI is InChI=1S/C17H19NO4S/c1-2-3-11-22-15-12-13(18-17(19)20)9-10-16(15)23(21)14-7-5-4-6-8-14/h4-10,12,18H,2-3,11H2,1H3,(H,19,20). The summed E-state index contributed by atoms with van der Waals surface area (Å²) in [6, 6.07) is 13.9. The lowest BCUT2D eigenvalue weighted by Crippen LogP contribution is -2.10. The minimum Gasteiger partial charge on any atom is -0.606 e. The van der Waals surface area contributed by atoms with Crippen LogP contribution >= 0.6 is 0 Å². The van der Waals surface area contributed by atoms with Crippen molar-refractivity contribution in [3.8, 4) is 5.75 Å². The fraction of sp³-hybridized carbons (Fsp3) is 0.235. The van der Waals surface area contributed by atoms with Crippen molar-refractivity contribution < 1.29 is 19.2 Å². The lowest BCUT2D eigenvalue weighted by molar-refractivity contribution is 0.209. The number of anilines is 1. The molecule has 0 radical (unpaired) electrons. The molecular formula is C17H19NO4S.